The Morgan fingerprint density at radius 2 is 2.44 bits per heavy atom. The molecule has 0 bridgehead atoms. The number of benzene rings is 1. The van der Waals surface area contributed by atoms with Crippen LogP contribution in [0, 0.1) is 0 Å². The Morgan fingerprint density at radius 3 is 3.11 bits per heavy atom. The Balaban J connectivity index is 1.98. The van der Waals surface area contributed by atoms with Crippen LogP contribution in [0.5, 0.6) is 11.5 Å². The normalized spacial score (nSPS) is 18.6. The Hall–Kier alpha value is -1.75. The van der Waals surface area contributed by atoms with Crippen LogP contribution < -0.4 is 15.4 Å². The predicted octanol–water partition coefficient (Wildman–Crippen LogP) is 0.883. The molecule has 1 unspecified atom stereocenters. The third-order valence-electron chi connectivity index (χ3n) is 3.12. The van der Waals surface area contributed by atoms with Crippen molar-refractivity contribution in [2.75, 3.05) is 20.2 Å². The first-order chi connectivity index (χ1) is 8.70. The van der Waals surface area contributed by atoms with E-state index < -0.39 is 0 Å². The van der Waals surface area contributed by atoms with E-state index in [1.807, 2.05) is 0 Å². The van der Waals surface area contributed by atoms with Crippen LogP contribution in [-0.2, 0) is 0 Å². The molecule has 1 aliphatic heterocycles. The van der Waals surface area contributed by atoms with E-state index in [-0.39, 0.29) is 17.2 Å². The van der Waals surface area contributed by atoms with Crippen molar-refractivity contribution in [3.63, 3.8) is 0 Å². The van der Waals surface area contributed by atoms with Crippen LogP contribution in [0.15, 0.2) is 18.2 Å². The second kappa shape index (κ2) is 5.73. The van der Waals surface area contributed by atoms with Gasteiger partial charge < -0.3 is 20.5 Å². The zero-order valence-corrected chi connectivity index (χ0v) is 10.4. The Labute approximate surface area is 106 Å². The molecule has 1 heterocycles. The molecule has 1 amide bonds. The Bertz CT molecular complexity index is 428. The summed E-state index contributed by atoms with van der Waals surface area (Å²) in [6.45, 7) is 1.58. The topological polar surface area (TPSA) is 70.6 Å². The molecule has 2 rings (SSSR count). The molecule has 0 aromatic heterocycles. The molecule has 1 saturated heterocycles. The Kier molecular flexibility index (Phi) is 4.04. The number of rotatable bonds is 4. The molecule has 5 heteroatoms. The molecule has 0 spiro atoms. The maximum absolute atomic E-state index is 11.9. The monoisotopic (exact) mass is 250 g/mol. The maximum Gasteiger partial charge on any atom is 0.255 e. The molecule has 1 aromatic rings. The van der Waals surface area contributed by atoms with Gasteiger partial charge in [0.25, 0.3) is 5.91 Å². The number of phenols is 1. The van der Waals surface area contributed by atoms with Crippen LogP contribution in [0.3, 0.4) is 0 Å². The van der Waals surface area contributed by atoms with Gasteiger partial charge in [0, 0.05) is 12.6 Å². The summed E-state index contributed by atoms with van der Waals surface area (Å²) in [5.41, 5.74) is 0.243. The highest BCUT2D eigenvalue weighted by atomic mass is 16.5. The molecule has 3 N–H and O–H groups in total. The summed E-state index contributed by atoms with van der Waals surface area (Å²) in [6.07, 6.45) is 2.22. The summed E-state index contributed by atoms with van der Waals surface area (Å²) in [4.78, 5) is 11.9. The quantitative estimate of drug-likeness (QED) is 0.742. The smallest absolute Gasteiger partial charge is 0.255 e. The molecule has 18 heavy (non-hydrogen) atoms. The van der Waals surface area contributed by atoms with Crippen molar-refractivity contribution >= 4 is 5.91 Å². The van der Waals surface area contributed by atoms with Crippen molar-refractivity contribution in [2.24, 2.45) is 0 Å². The zero-order chi connectivity index (χ0) is 13.0. The van der Waals surface area contributed by atoms with Crippen LogP contribution in [0.1, 0.15) is 23.2 Å². The summed E-state index contributed by atoms with van der Waals surface area (Å²) >= 11 is 0. The molecule has 1 atom stereocenters. The number of methoxy groups -OCH3 is 1. The third kappa shape index (κ3) is 2.92. The van der Waals surface area contributed by atoms with E-state index in [1.54, 1.807) is 6.07 Å². The Morgan fingerprint density at radius 1 is 1.61 bits per heavy atom. The molecule has 1 aliphatic rings. The maximum atomic E-state index is 11.9. The van der Waals surface area contributed by atoms with Gasteiger partial charge in [-0.05, 0) is 37.6 Å². The van der Waals surface area contributed by atoms with Crippen LogP contribution in [0.4, 0.5) is 0 Å². The largest absolute Gasteiger partial charge is 0.507 e. The van der Waals surface area contributed by atoms with Gasteiger partial charge in [0.05, 0.1) is 12.7 Å². The van der Waals surface area contributed by atoms with Crippen molar-refractivity contribution in [3.05, 3.63) is 23.8 Å². The zero-order valence-electron chi connectivity index (χ0n) is 10.4. The van der Waals surface area contributed by atoms with Crippen molar-refractivity contribution in [1.82, 2.24) is 10.6 Å². The van der Waals surface area contributed by atoms with Gasteiger partial charge in [0.1, 0.15) is 11.5 Å². The van der Waals surface area contributed by atoms with Crippen LogP contribution in [0.25, 0.3) is 0 Å². The summed E-state index contributed by atoms with van der Waals surface area (Å²) in [5.74, 6) is 0.240. The molecule has 1 fully saturated rings. The average Bonchev–Trinajstić information content (AvgIpc) is 2.89. The molecule has 5 nitrogen and oxygen atoms in total. The molecule has 1 aromatic carbocycles. The highest BCUT2D eigenvalue weighted by molar-refractivity contribution is 5.97. The number of carbonyl (C=O) groups is 1. The second-order valence-corrected chi connectivity index (χ2v) is 4.39. The fourth-order valence-electron chi connectivity index (χ4n) is 2.07. The van der Waals surface area contributed by atoms with Gasteiger partial charge in [-0.2, -0.15) is 0 Å². The first-order valence-electron chi connectivity index (χ1n) is 6.09. The SMILES string of the molecule is COc1ccc(O)c(C(=O)NCC2CCCN2)c1. The highest BCUT2D eigenvalue weighted by Gasteiger charge is 2.17. The average molecular weight is 250 g/mol. The van der Waals surface area contributed by atoms with Gasteiger partial charge in [-0.15, -0.1) is 0 Å². The number of amides is 1. The lowest BCUT2D eigenvalue weighted by Gasteiger charge is -2.12. The van der Waals surface area contributed by atoms with Crippen molar-refractivity contribution in [1.29, 1.82) is 0 Å². The molecular weight excluding hydrogens is 232 g/mol. The number of phenolic OH excluding ortho intramolecular Hbond substituents is 1. The van der Waals surface area contributed by atoms with Crippen molar-refractivity contribution in [3.8, 4) is 11.5 Å². The molecule has 0 radical (unpaired) electrons. The summed E-state index contributed by atoms with van der Waals surface area (Å²) < 4.78 is 5.03. The lowest BCUT2D eigenvalue weighted by molar-refractivity contribution is 0.0947. The molecular formula is C13H18N2O3. The van der Waals surface area contributed by atoms with Gasteiger partial charge in [-0.1, -0.05) is 0 Å². The number of ether oxygens (including phenoxy) is 1. The third-order valence-corrected chi connectivity index (χ3v) is 3.12. The summed E-state index contributed by atoms with van der Waals surface area (Å²) in [7, 11) is 1.52. The first-order valence-corrected chi connectivity index (χ1v) is 6.09. The minimum atomic E-state index is -0.278. The number of carbonyl (C=O) groups excluding carboxylic acids is 1. The van der Waals surface area contributed by atoms with E-state index in [4.69, 9.17) is 4.74 Å². The van der Waals surface area contributed by atoms with Gasteiger partial charge in [-0.25, -0.2) is 0 Å². The van der Waals surface area contributed by atoms with Gasteiger partial charge in [0.2, 0.25) is 0 Å². The predicted molar refractivity (Wildman–Crippen MR) is 68.0 cm³/mol. The molecule has 0 aliphatic carbocycles. The first kappa shape index (κ1) is 12.7. The van der Waals surface area contributed by atoms with E-state index in [0.29, 0.717) is 18.3 Å². The van der Waals surface area contributed by atoms with E-state index >= 15 is 0 Å². The molecule has 98 valence electrons. The van der Waals surface area contributed by atoms with E-state index in [2.05, 4.69) is 10.6 Å². The minimum Gasteiger partial charge on any atom is -0.507 e. The summed E-state index contributed by atoms with van der Waals surface area (Å²) in [5, 5.41) is 15.8. The van der Waals surface area contributed by atoms with E-state index in [9.17, 15) is 9.90 Å². The lowest BCUT2D eigenvalue weighted by atomic mass is 10.1. The summed E-state index contributed by atoms with van der Waals surface area (Å²) in [6, 6.07) is 4.94. The van der Waals surface area contributed by atoms with Gasteiger partial charge in [-0.3, -0.25) is 4.79 Å². The highest BCUT2D eigenvalue weighted by Crippen LogP contribution is 2.22. The van der Waals surface area contributed by atoms with Gasteiger partial charge >= 0.3 is 0 Å². The molecule has 0 saturated carbocycles. The standard InChI is InChI=1S/C13H18N2O3/c1-18-10-4-5-12(16)11(7-10)13(17)15-8-9-3-2-6-14-9/h4-5,7,9,14,16H,2-3,6,8H2,1H3,(H,15,17). The van der Waals surface area contributed by atoms with Crippen LogP contribution in [-0.4, -0.2) is 37.3 Å². The number of aromatic hydroxyl groups is 1. The van der Waals surface area contributed by atoms with E-state index in [1.165, 1.54) is 19.2 Å². The second-order valence-electron chi connectivity index (χ2n) is 4.39. The number of hydrogen-bond acceptors (Lipinski definition) is 4. The fraction of sp³-hybridized carbons (Fsp3) is 0.462. The van der Waals surface area contributed by atoms with Gasteiger partial charge in [0.15, 0.2) is 0 Å². The minimum absolute atomic E-state index is 0.0346. The number of hydrogen-bond donors (Lipinski definition) is 3. The fourth-order valence-corrected chi connectivity index (χ4v) is 2.07. The van der Waals surface area contributed by atoms with E-state index in [0.717, 1.165) is 19.4 Å². The van der Waals surface area contributed by atoms with Crippen molar-refractivity contribution < 1.29 is 14.6 Å². The van der Waals surface area contributed by atoms with Crippen LogP contribution >= 0.6 is 0 Å². The van der Waals surface area contributed by atoms with Crippen molar-refractivity contribution in [2.45, 2.75) is 18.9 Å². The van der Waals surface area contributed by atoms with Crippen LogP contribution in [0.2, 0.25) is 0 Å². The lowest BCUT2D eigenvalue weighted by Crippen LogP contribution is -2.37. The number of nitrogens with one attached hydrogen (secondary N) is 2.